The SMILES string of the molecule is CC(C)(CCO)CNC(=O)CC(N)C1CC1. The standard InChI is InChI=1S/C12H24N2O2/c1-12(2,5-6-15)8-14-11(16)7-10(13)9-3-4-9/h9-10,15H,3-8,13H2,1-2H3,(H,14,16). The van der Waals surface area contributed by atoms with Crippen LogP contribution in [0.15, 0.2) is 0 Å². The van der Waals surface area contributed by atoms with Crippen molar-refractivity contribution in [1.82, 2.24) is 5.32 Å². The monoisotopic (exact) mass is 228 g/mol. The Morgan fingerprint density at radius 3 is 2.69 bits per heavy atom. The first-order valence-electron chi connectivity index (χ1n) is 6.08. The fourth-order valence-corrected chi connectivity index (χ4v) is 1.71. The molecule has 4 N–H and O–H groups in total. The van der Waals surface area contributed by atoms with Crippen molar-refractivity contribution in [2.24, 2.45) is 17.1 Å². The Morgan fingerprint density at radius 1 is 1.56 bits per heavy atom. The van der Waals surface area contributed by atoms with Crippen LogP contribution in [-0.2, 0) is 4.79 Å². The van der Waals surface area contributed by atoms with E-state index in [1.165, 1.54) is 12.8 Å². The molecular weight excluding hydrogens is 204 g/mol. The normalized spacial score (nSPS) is 18.2. The highest BCUT2D eigenvalue weighted by atomic mass is 16.3. The molecule has 0 aromatic carbocycles. The number of carbonyl (C=O) groups excluding carboxylic acids is 1. The van der Waals surface area contributed by atoms with Crippen molar-refractivity contribution >= 4 is 5.91 Å². The van der Waals surface area contributed by atoms with Crippen molar-refractivity contribution in [2.45, 2.75) is 45.6 Å². The molecule has 1 fully saturated rings. The van der Waals surface area contributed by atoms with E-state index < -0.39 is 0 Å². The number of amides is 1. The zero-order valence-electron chi connectivity index (χ0n) is 10.3. The highest BCUT2D eigenvalue weighted by Crippen LogP contribution is 2.32. The third kappa shape index (κ3) is 4.94. The van der Waals surface area contributed by atoms with Gasteiger partial charge in [0.25, 0.3) is 0 Å². The quantitative estimate of drug-likeness (QED) is 0.598. The maximum atomic E-state index is 11.6. The minimum Gasteiger partial charge on any atom is -0.396 e. The van der Waals surface area contributed by atoms with E-state index in [-0.39, 0.29) is 24.0 Å². The predicted octanol–water partition coefficient (Wildman–Crippen LogP) is 0.639. The summed E-state index contributed by atoms with van der Waals surface area (Å²) in [5, 5.41) is 11.8. The molecule has 1 atom stereocenters. The fraction of sp³-hybridized carbons (Fsp3) is 0.917. The molecule has 1 amide bonds. The summed E-state index contributed by atoms with van der Waals surface area (Å²) >= 11 is 0. The zero-order valence-corrected chi connectivity index (χ0v) is 10.3. The first-order valence-corrected chi connectivity index (χ1v) is 6.08. The van der Waals surface area contributed by atoms with Crippen LogP contribution in [-0.4, -0.2) is 30.2 Å². The van der Waals surface area contributed by atoms with Crippen molar-refractivity contribution in [3.8, 4) is 0 Å². The molecule has 0 aliphatic heterocycles. The molecule has 4 heteroatoms. The molecule has 0 aromatic heterocycles. The van der Waals surface area contributed by atoms with Crippen molar-refractivity contribution in [2.75, 3.05) is 13.2 Å². The lowest BCUT2D eigenvalue weighted by molar-refractivity contribution is -0.122. The fourth-order valence-electron chi connectivity index (χ4n) is 1.71. The highest BCUT2D eigenvalue weighted by Gasteiger charge is 2.30. The molecule has 1 aliphatic carbocycles. The van der Waals surface area contributed by atoms with Gasteiger partial charge in [0, 0.05) is 25.6 Å². The van der Waals surface area contributed by atoms with Crippen molar-refractivity contribution in [3.05, 3.63) is 0 Å². The molecule has 1 rings (SSSR count). The Morgan fingerprint density at radius 2 is 2.19 bits per heavy atom. The molecule has 16 heavy (non-hydrogen) atoms. The largest absolute Gasteiger partial charge is 0.396 e. The smallest absolute Gasteiger partial charge is 0.221 e. The summed E-state index contributed by atoms with van der Waals surface area (Å²) in [5.74, 6) is 0.599. The number of aliphatic hydroxyl groups excluding tert-OH is 1. The predicted molar refractivity (Wildman–Crippen MR) is 63.8 cm³/mol. The van der Waals surface area contributed by atoms with Gasteiger partial charge in [0.1, 0.15) is 0 Å². The van der Waals surface area contributed by atoms with Crippen molar-refractivity contribution in [1.29, 1.82) is 0 Å². The van der Waals surface area contributed by atoms with Crippen molar-refractivity contribution < 1.29 is 9.90 Å². The second-order valence-corrected chi connectivity index (χ2v) is 5.62. The Kier molecular flexibility index (Phi) is 4.74. The minimum atomic E-state index is -0.0475. The van der Waals surface area contributed by atoms with Crippen LogP contribution in [0.2, 0.25) is 0 Å². The van der Waals surface area contributed by atoms with Crippen LogP contribution in [0.3, 0.4) is 0 Å². The van der Waals surface area contributed by atoms with Crippen LogP contribution in [0.4, 0.5) is 0 Å². The van der Waals surface area contributed by atoms with E-state index in [1.54, 1.807) is 0 Å². The van der Waals surface area contributed by atoms with Gasteiger partial charge in [-0.3, -0.25) is 4.79 Å². The lowest BCUT2D eigenvalue weighted by Gasteiger charge is -2.24. The first kappa shape index (κ1) is 13.5. The average molecular weight is 228 g/mol. The summed E-state index contributed by atoms with van der Waals surface area (Å²) in [6.45, 7) is 4.82. The summed E-state index contributed by atoms with van der Waals surface area (Å²) in [6, 6.07) is 0.0287. The van der Waals surface area contributed by atoms with Gasteiger partial charge in [-0.2, -0.15) is 0 Å². The number of rotatable bonds is 7. The van der Waals surface area contributed by atoms with Crippen molar-refractivity contribution in [3.63, 3.8) is 0 Å². The van der Waals surface area contributed by atoms with E-state index in [4.69, 9.17) is 10.8 Å². The number of nitrogens with one attached hydrogen (secondary N) is 1. The Hall–Kier alpha value is -0.610. The van der Waals surface area contributed by atoms with E-state index in [2.05, 4.69) is 5.32 Å². The second kappa shape index (κ2) is 5.64. The highest BCUT2D eigenvalue weighted by molar-refractivity contribution is 5.76. The third-order valence-corrected chi connectivity index (χ3v) is 3.20. The summed E-state index contributed by atoms with van der Waals surface area (Å²) in [5.41, 5.74) is 5.83. The minimum absolute atomic E-state index is 0.0287. The van der Waals surface area contributed by atoms with E-state index in [0.29, 0.717) is 25.3 Å². The summed E-state index contributed by atoms with van der Waals surface area (Å²) in [4.78, 5) is 11.6. The molecule has 0 heterocycles. The lowest BCUT2D eigenvalue weighted by atomic mass is 9.89. The first-order chi connectivity index (χ1) is 7.44. The van der Waals surface area contributed by atoms with E-state index in [1.807, 2.05) is 13.8 Å². The van der Waals surface area contributed by atoms with Crippen LogP contribution >= 0.6 is 0 Å². The molecule has 0 radical (unpaired) electrons. The van der Waals surface area contributed by atoms with Crippen LogP contribution in [0.5, 0.6) is 0 Å². The van der Waals surface area contributed by atoms with Gasteiger partial charge in [-0.25, -0.2) is 0 Å². The number of aliphatic hydroxyl groups is 1. The van der Waals surface area contributed by atoms with Gasteiger partial charge in [-0.05, 0) is 30.6 Å². The van der Waals surface area contributed by atoms with Gasteiger partial charge in [-0.15, -0.1) is 0 Å². The number of hydrogen-bond acceptors (Lipinski definition) is 3. The van der Waals surface area contributed by atoms with Gasteiger partial charge in [0.05, 0.1) is 0 Å². The molecule has 1 unspecified atom stereocenters. The van der Waals surface area contributed by atoms with Gasteiger partial charge in [0.2, 0.25) is 5.91 Å². The molecule has 1 saturated carbocycles. The molecule has 94 valence electrons. The summed E-state index contributed by atoms with van der Waals surface area (Å²) in [6.07, 6.45) is 3.47. The van der Waals surface area contributed by atoms with Gasteiger partial charge >= 0.3 is 0 Å². The zero-order chi connectivity index (χ0) is 12.2. The van der Waals surface area contributed by atoms with Crippen LogP contribution in [0, 0.1) is 11.3 Å². The van der Waals surface area contributed by atoms with Gasteiger partial charge < -0.3 is 16.2 Å². The topological polar surface area (TPSA) is 75.3 Å². The number of nitrogens with two attached hydrogens (primary N) is 1. The summed E-state index contributed by atoms with van der Waals surface area (Å²) in [7, 11) is 0. The molecule has 4 nitrogen and oxygen atoms in total. The van der Waals surface area contributed by atoms with E-state index >= 15 is 0 Å². The number of hydrogen-bond donors (Lipinski definition) is 3. The van der Waals surface area contributed by atoms with Crippen LogP contribution < -0.4 is 11.1 Å². The van der Waals surface area contributed by atoms with E-state index in [0.717, 1.165) is 0 Å². The molecule has 0 saturated heterocycles. The average Bonchev–Trinajstić information content (AvgIpc) is 2.98. The summed E-state index contributed by atoms with van der Waals surface area (Å²) < 4.78 is 0. The Labute approximate surface area is 97.6 Å². The molecule has 0 bridgehead atoms. The molecule has 1 aliphatic rings. The number of carbonyl (C=O) groups is 1. The van der Waals surface area contributed by atoms with Crippen LogP contribution in [0.1, 0.15) is 39.5 Å². The molecule has 0 aromatic rings. The second-order valence-electron chi connectivity index (χ2n) is 5.62. The van der Waals surface area contributed by atoms with Gasteiger partial charge in [0.15, 0.2) is 0 Å². The van der Waals surface area contributed by atoms with Gasteiger partial charge in [-0.1, -0.05) is 13.8 Å². The maximum Gasteiger partial charge on any atom is 0.221 e. The van der Waals surface area contributed by atoms with E-state index in [9.17, 15) is 4.79 Å². The molecular formula is C12H24N2O2. The van der Waals surface area contributed by atoms with Crippen LogP contribution in [0.25, 0.3) is 0 Å². The lowest BCUT2D eigenvalue weighted by Crippen LogP contribution is -2.38. The maximum absolute atomic E-state index is 11.6. The Balaban J connectivity index is 2.18. The third-order valence-electron chi connectivity index (χ3n) is 3.20. The Bertz CT molecular complexity index is 237. The molecule has 0 spiro atoms.